The Morgan fingerprint density at radius 3 is 1.84 bits per heavy atom. The van der Waals surface area contributed by atoms with E-state index in [1.54, 1.807) is 0 Å². The van der Waals surface area contributed by atoms with Crippen molar-refractivity contribution < 1.29 is 18.1 Å². The van der Waals surface area contributed by atoms with E-state index in [1.165, 1.54) is 0 Å². The molecule has 0 aromatic heterocycles. The van der Waals surface area contributed by atoms with Gasteiger partial charge in [0, 0.05) is 11.3 Å². The lowest BCUT2D eigenvalue weighted by molar-refractivity contribution is 0.00578. The minimum atomic E-state index is -2.36. The van der Waals surface area contributed by atoms with Crippen LogP contribution in [0.15, 0.2) is 30.3 Å². The first-order valence-corrected chi connectivity index (χ1v) is 7.04. The Morgan fingerprint density at radius 1 is 1.11 bits per heavy atom. The lowest BCUT2D eigenvalue weighted by Gasteiger charge is -2.32. The number of rotatable bonds is 1. The molecule has 1 heterocycles. The van der Waals surface area contributed by atoms with E-state index in [2.05, 4.69) is 32.8 Å². The van der Waals surface area contributed by atoms with E-state index in [0.717, 1.165) is 5.46 Å². The summed E-state index contributed by atoms with van der Waals surface area (Å²) in [5.74, 6) is 0. The van der Waals surface area contributed by atoms with Crippen molar-refractivity contribution in [3.63, 3.8) is 0 Å². The van der Waals surface area contributed by atoms with Crippen molar-refractivity contribution in [2.45, 2.75) is 38.9 Å². The van der Waals surface area contributed by atoms with Crippen molar-refractivity contribution in [3.8, 4) is 0 Å². The lowest BCUT2D eigenvalue weighted by atomic mass is 9.79. The molecule has 0 amide bonds. The minimum Gasteiger partial charge on any atom is -0.760 e. The maximum atomic E-state index is 8.78. The fraction of sp³-hybridized carbons (Fsp3) is 0.500. The van der Waals surface area contributed by atoms with E-state index in [9.17, 15) is 0 Å². The summed E-state index contributed by atoms with van der Waals surface area (Å²) in [7, 11) is -0.240. The van der Waals surface area contributed by atoms with Crippen LogP contribution in [0.2, 0.25) is 0 Å². The summed E-state index contributed by atoms with van der Waals surface area (Å²) in [6, 6.07) is 10.1. The standard InChI is InChI=1S/C12H17BO2.H3NO2S/c1-11(2)12(3,4)15-13(14-11)10-8-6-5-7-9-10;1-4(2)3/h5-9H,1-4H3;1H2,(H,2,3)/p-1. The zero-order valence-corrected chi connectivity index (χ0v) is 12.4. The topological polar surface area (TPSA) is 84.6 Å². The second-order valence-electron chi connectivity index (χ2n) is 5.26. The summed E-state index contributed by atoms with van der Waals surface area (Å²) >= 11 is -2.36. The van der Waals surface area contributed by atoms with E-state index >= 15 is 0 Å². The number of benzene rings is 1. The summed E-state index contributed by atoms with van der Waals surface area (Å²) in [5, 5.41) is 4.03. The van der Waals surface area contributed by atoms with Crippen molar-refractivity contribution in [2.75, 3.05) is 0 Å². The van der Waals surface area contributed by atoms with E-state index < -0.39 is 11.3 Å². The Kier molecular flexibility index (Phi) is 5.29. The summed E-state index contributed by atoms with van der Waals surface area (Å²) in [4.78, 5) is 0. The molecule has 106 valence electrons. The van der Waals surface area contributed by atoms with Crippen molar-refractivity contribution in [1.82, 2.24) is 0 Å². The third kappa shape index (κ3) is 4.40. The van der Waals surface area contributed by atoms with Crippen molar-refractivity contribution >= 4 is 23.8 Å². The smallest absolute Gasteiger partial charge is 0.494 e. The average Bonchev–Trinajstić information content (AvgIpc) is 2.49. The van der Waals surface area contributed by atoms with Gasteiger partial charge in [-0.3, -0.25) is 9.35 Å². The SMILES string of the molecule is CC1(C)OB(c2ccccc2)OC1(C)C.NS(=O)[O-]. The Morgan fingerprint density at radius 2 is 1.47 bits per heavy atom. The molecule has 1 fully saturated rings. The predicted octanol–water partition coefficient (Wildman–Crippen LogP) is 0.725. The molecule has 7 heteroatoms. The van der Waals surface area contributed by atoms with Gasteiger partial charge in [-0.2, -0.15) is 0 Å². The van der Waals surface area contributed by atoms with E-state index in [4.69, 9.17) is 18.1 Å². The molecule has 1 aromatic rings. The minimum absolute atomic E-state index is 0.240. The summed E-state index contributed by atoms with van der Waals surface area (Å²) in [6.07, 6.45) is 0. The van der Waals surface area contributed by atoms with Crippen LogP contribution in [0.25, 0.3) is 0 Å². The Labute approximate surface area is 117 Å². The van der Waals surface area contributed by atoms with E-state index in [0.29, 0.717) is 0 Å². The molecule has 0 spiro atoms. The van der Waals surface area contributed by atoms with Gasteiger partial charge in [0.25, 0.3) is 0 Å². The zero-order chi connectivity index (χ0) is 14.7. The zero-order valence-electron chi connectivity index (χ0n) is 11.6. The largest absolute Gasteiger partial charge is 0.760 e. The van der Waals surface area contributed by atoms with E-state index in [1.807, 2.05) is 30.3 Å². The highest BCUT2D eigenvalue weighted by molar-refractivity contribution is 7.76. The first kappa shape index (κ1) is 16.3. The molecule has 1 unspecified atom stereocenters. The van der Waals surface area contributed by atoms with Crippen LogP contribution in [0.1, 0.15) is 27.7 Å². The molecular weight excluding hydrogens is 265 g/mol. The molecule has 0 bridgehead atoms. The molecular formula is C12H19BNO4S-. The Bertz CT molecular complexity index is 419. The third-order valence-corrected chi connectivity index (χ3v) is 3.32. The van der Waals surface area contributed by atoms with Crippen LogP contribution >= 0.6 is 0 Å². The number of hydrogen-bond acceptors (Lipinski definition) is 4. The second-order valence-corrected chi connectivity index (χ2v) is 5.78. The van der Waals surface area contributed by atoms with Crippen molar-refractivity contribution in [3.05, 3.63) is 30.3 Å². The molecule has 2 N–H and O–H groups in total. The molecule has 1 atom stereocenters. The Balaban J connectivity index is 0.000000399. The highest BCUT2D eigenvalue weighted by atomic mass is 32.2. The van der Waals surface area contributed by atoms with Crippen LogP contribution in [0, 0.1) is 0 Å². The monoisotopic (exact) mass is 284 g/mol. The first-order valence-electron chi connectivity index (χ1n) is 5.90. The summed E-state index contributed by atoms with van der Waals surface area (Å²) in [6.45, 7) is 8.26. The third-order valence-electron chi connectivity index (χ3n) is 3.32. The molecule has 0 aliphatic carbocycles. The van der Waals surface area contributed by atoms with Crippen LogP contribution in [0.4, 0.5) is 0 Å². The first-order chi connectivity index (χ1) is 8.66. The maximum Gasteiger partial charge on any atom is 0.494 e. The van der Waals surface area contributed by atoms with Crippen LogP contribution < -0.4 is 10.6 Å². The van der Waals surface area contributed by atoms with Crippen molar-refractivity contribution in [1.29, 1.82) is 0 Å². The summed E-state index contributed by atoms with van der Waals surface area (Å²) < 4.78 is 29.4. The van der Waals surface area contributed by atoms with Gasteiger partial charge < -0.3 is 13.9 Å². The molecule has 19 heavy (non-hydrogen) atoms. The normalized spacial score (nSPS) is 21.5. The van der Waals surface area contributed by atoms with Gasteiger partial charge in [0.2, 0.25) is 0 Å². The molecule has 0 saturated carbocycles. The summed E-state index contributed by atoms with van der Waals surface area (Å²) in [5.41, 5.74) is 0.567. The van der Waals surface area contributed by atoms with Crippen molar-refractivity contribution in [2.24, 2.45) is 5.14 Å². The quantitative estimate of drug-likeness (QED) is 0.608. The van der Waals surface area contributed by atoms with Gasteiger partial charge in [-0.15, -0.1) is 0 Å². The highest BCUT2D eigenvalue weighted by Crippen LogP contribution is 2.36. The second kappa shape index (κ2) is 6.15. The van der Waals surface area contributed by atoms with E-state index in [-0.39, 0.29) is 18.3 Å². The molecule has 1 aliphatic heterocycles. The fourth-order valence-electron chi connectivity index (χ4n) is 1.59. The van der Waals surface area contributed by atoms with Gasteiger partial charge >= 0.3 is 7.12 Å². The van der Waals surface area contributed by atoms with Gasteiger partial charge in [0.15, 0.2) is 0 Å². The van der Waals surface area contributed by atoms with Gasteiger partial charge in [-0.05, 0) is 33.2 Å². The highest BCUT2D eigenvalue weighted by Gasteiger charge is 2.51. The number of hydrogen-bond donors (Lipinski definition) is 1. The molecule has 0 radical (unpaired) electrons. The van der Waals surface area contributed by atoms with Crippen LogP contribution in [0.3, 0.4) is 0 Å². The number of nitrogens with two attached hydrogens (primary N) is 1. The lowest BCUT2D eigenvalue weighted by Crippen LogP contribution is -2.41. The molecule has 5 nitrogen and oxygen atoms in total. The molecule has 1 saturated heterocycles. The fourth-order valence-corrected chi connectivity index (χ4v) is 1.59. The van der Waals surface area contributed by atoms with Crippen LogP contribution in [0.5, 0.6) is 0 Å². The van der Waals surface area contributed by atoms with Gasteiger partial charge in [-0.1, -0.05) is 30.3 Å². The molecule has 1 aliphatic rings. The van der Waals surface area contributed by atoms with Gasteiger partial charge in [-0.25, -0.2) is 0 Å². The molecule has 1 aromatic carbocycles. The maximum absolute atomic E-state index is 8.78. The van der Waals surface area contributed by atoms with Crippen LogP contribution in [-0.2, 0) is 20.6 Å². The Hall–Kier alpha value is -0.725. The predicted molar refractivity (Wildman–Crippen MR) is 75.3 cm³/mol. The average molecular weight is 284 g/mol. The van der Waals surface area contributed by atoms with Crippen LogP contribution in [-0.4, -0.2) is 27.1 Å². The molecule has 2 rings (SSSR count). The van der Waals surface area contributed by atoms with Gasteiger partial charge in [0.1, 0.15) is 0 Å². The van der Waals surface area contributed by atoms with Gasteiger partial charge in [0.05, 0.1) is 11.2 Å².